The highest BCUT2D eigenvalue weighted by Gasteiger charge is 2.20. The minimum Gasteiger partial charge on any atom is -0.306 e. The number of aryl methyl sites for hydroxylation is 2. The SMILES string of the molecule is O=C(Nc1cc2c(cn1)-c1cc(-c3cccnc3)ccc1CCC2)c1c(F)cccc1F. The Hall–Kier alpha value is -3.93. The Bertz CT molecular complexity index is 1300. The smallest absolute Gasteiger partial charge is 0.262 e. The Kier molecular flexibility index (Phi) is 5.19. The van der Waals surface area contributed by atoms with Crippen LogP contribution >= 0.6 is 0 Å². The number of nitrogens with one attached hydrogen (secondary N) is 1. The quantitative estimate of drug-likeness (QED) is 0.448. The van der Waals surface area contributed by atoms with Gasteiger partial charge in [0.05, 0.1) is 0 Å². The summed E-state index contributed by atoms with van der Waals surface area (Å²) in [5.74, 6) is -2.41. The number of pyridine rings is 2. The van der Waals surface area contributed by atoms with E-state index in [1.165, 1.54) is 11.6 Å². The molecule has 4 aromatic rings. The lowest BCUT2D eigenvalue weighted by Gasteiger charge is -2.13. The number of aromatic nitrogens is 2. The molecule has 4 nitrogen and oxygen atoms in total. The molecule has 0 bridgehead atoms. The molecule has 0 unspecified atom stereocenters. The molecular weight excluding hydrogens is 408 g/mol. The van der Waals surface area contributed by atoms with Crippen molar-refractivity contribution in [2.45, 2.75) is 19.3 Å². The van der Waals surface area contributed by atoms with Gasteiger partial charge in [-0.2, -0.15) is 0 Å². The van der Waals surface area contributed by atoms with Crippen molar-refractivity contribution in [3.05, 3.63) is 102 Å². The van der Waals surface area contributed by atoms with Crippen LogP contribution in [0.25, 0.3) is 22.3 Å². The summed E-state index contributed by atoms with van der Waals surface area (Å²) in [4.78, 5) is 21.0. The number of halogens is 2. The van der Waals surface area contributed by atoms with Gasteiger partial charge in [-0.15, -0.1) is 0 Å². The van der Waals surface area contributed by atoms with Crippen LogP contribution in [0.3, 0.4) is 0 Å². The number of nitrogens with zero attached hydrogens (tertiary/aromatic N) is 2. The summed E-state index contributed by atoms with van der Waals surface area (Å²) < 4.78 is 27.9. The fourth-order valence-electron chi connectivity index (χ4n) is 4.14. The van der Waals surface area contributed by atoms with E-state index in [1.54, 1.807) is 18.5 Å². The van der Waals surface area contributed by atoms with Crippen molar-refractivity contribution in [1.29, 1.82) is 0 Å². The maximum Gasteiger partial charge on any atom is 0.262 e. The van der Waals surface area contributed by atoms with Gasteiger partial charge in [-0.05, 0) is 71.8 Å². The van der Waals surface area contributed by atoms with Crippen LogP contribution in [0.1, 0.15) is 27.9 Å². The van der Waals surface area contributed by atoms with Crippen LogP contribution in [-0.2, 0) is 12.8 Å². The number of amides is 1. The average molecular weight is 427 g/mol. The molecule has 0 atom stereocenters. The Balaban J connectivity index is 1.50. The van der Waals surface area contributed by atoms with Gasteiger partial charge in [-0.1, -0.05) is 24.3 Å². The van der Waals surface area contributed by atoms with E-state index in [-0.39, 0.29) is 5.82 Å². The normalized spacial score (nSPS) is 12.4. The molecule has 6 heteroatoms. The molecule has 0 aliphatic heterocycles. The van der Waals surface area contributed by atoms with E-state index in [1.807, 2.05) is 18.3 Å². The van der Waals surface area contributed by atoms with E-state index in [9.17, 15) is 13.6 Å². The number of carbonyl (C=O) groups excluding carboxylic acids is 1. The van der Waals surface area contributed by atoms with E-state index < -0.39 is 23.1 Å². The van der Waals surface area contributed by atoms with Gasteiger partial charge in [-0.3, -0.25) is 9.78 Å². The lowest BCUT2D eigenvalue weighted by atomic mass is 9.94. The van der Waals surface area contributed by atoms with Gasteiger partial charge in [0, 0.05) is 29.7 Å². The zero-order valence-corrected chi connectivity index (χ0v) is 17.1. The van der Waals surface area contributed by atoms with Crippen LogP contribution in [0.4, 0.5) is 14.6 Å². The van der Waals surface area contributed by atoms with Crippen LogP contribution in [0.5, 0.6) is 0 Å². The lowest BCUT2D eigenvalue weighted by Crippen LogP contribution is -2.16. The van der Waals surface area contributed by atoms with Gasteiger partial charge in [-0.25, -0.2) is 13.8 Å². The highest BCUT2D eigenvalue weighted by molar-refractivity contribution is 6.04. The predicted octanol–water partition coefficient (Wildman–Crippen LogP) is 5.83. The van der Waals surface area contributed by atoms with Crippen LogP contribution in [-0.4, -0.2) is 15.9 Å². The van der Waals surface area contributed by atoms with Gasteiger partial charge in [0.2, 0.25) is 0 Å². The van der Waals surface area contributed by atoms with Crippen molar-refractivity contribution in [2.24, 2.45) is 0 Å². The Morgan fingerprint density at radius 1 is 0.844 bits per heavy atom. The van der Waals surface area contributed by atoms with E-state index in [2.05, 4.69) is 33.5 Å². The molecule has 5 rings (SSSR count). The van der Waals surface area contributed by atoms with Crippen molar-refractivity contribution >= 4 is 11.7 Å². The first kappa shape index (κ1) is 20.0. The topological polar surface area (TPSA) is 54.9 Å². The number of hydrogen-bond acceptors (Lipinski definition) is 3. The molecule has 158 valence electrons. The van der Waals surface area contributed by atoms with Crippen molar-refractivity contribution in [1.82, 2.24) is 9.97 Å². The first-order valence-electron chi connectivity index (χ1n) is 10.4. The molecule has 0 saturated carbocycles. The van der Waals surface area contributed by atoms with Crippen LogP contribution in [0.15, 0.2) is 73.2 Å². The molecule has 0 fully saturated rings. The number of anilines is 1. The van der Waals surface area contributed by atoms with Gasteiger partial charge in [0.15, 0.2) is 0 Å². The summed E-state index contributed by atoms with van der Waals surface area (Å²) >= 11 is 0. The number of hydrogen-bond donors (Lipinski definition) is 1. The van der Waals surface area contributed by atoms with Crippen molar-refractivity contribution in [2.75, 3.05) is 5.32 Å². The molecule has 0 radical (unpaired) electrons. The molecule has 1 N–H and O–H groups in total. The minimum atomic E-state index is -0.908. The Morgan fingerprint density at radius 3 is 2.44 bits per heavy atom. The summed E-state index contributed by atoms with van der Waals surface area (Å²) in [6.07, 6.45) is 7.99. The second-order valence-electron chi connectivity index (χ2n) is 7.74. The lowest BCUT2D eigenvalue weighted by molar-refractivity contribution is 0.101. The molecule has 0 spiro atoms. The first-order valence-corrected chi connectivity index (χ1v) is 10.4. The number of fused-ring (bicyclic) bond motifs is 3. The monoisotopic (exact) mass is 427 g/mol. The number of benzene rings is 2. The number of rotatable bonds is 3. The van der Waals surface area contributed by atoms with E-state index in [4.69, 9.17) is 0 Å². The van der Waals surface area contributed by atoms with E-state index in [0.29, 0.717) is 0 Å². The maximum absolute atomic E-state index is 13.9. The minimum absolute atomic E-state index is 0.267. The summed E-state index contributed by atoms with van der Waals surface area (Å²) in [6.45, 7) is 0. The van der Waals surface area contributed by atoms with E-state index in [0.717, 1.165) is 59.2 Å². The number of carbonyl (C=O) groups is 1. The predicted molar refractivity (Wildman–Crippen MR) is 119 cm³/mol. The highest BCUT2D eigenvalue weighted by Crippen LogP contribution is 2.36. The molecule has 1 amide bonds. The molecule has 1 aliphatic carbocycles. The zero-order chi connectivity index (χ0) is 22.1. The van der Waals surface area contributed by atoms with Gasteiger partial charge in [0.25, 0.3) is 5.91 Å². The van der Waals surface area contributed by atoms with E-state index >= 15 is 0 Å². The third-order valence-corrected chi connectivity index (χ3v) is 5.71. The molecular formula is C26H19F2N3O. The molecule has 2 heterocycles. The van der Waals surface area contributed by atoms with Crippen LogP contribution in [0.2, 0.25) is 0 Å². The summed E-state index contributed by atoms with van der Waals surface area (Å²) in [7, 11) is 0. The largest absolute Gasteiger partial charge is 0.306 e. The highest BCUT2D eigenvalue weighted by atomic mass is 19.1. The average Bonchev–Trinajstić information content (AvgIpc) is 2.98. The summed E-state index contributed by atoms with van der Waals surface area (Å²) in [5.41, 5.74) is 5.86. The summed E-state index contributed by atoms with van der Waals surface area (Å²) in [5, 5.41) is 2.53. The maximum atomic E-state index is 13.9. The Labute approximate surface area is 184 Å². The molecule has 1 aliphatic rings. The third kappa shape index (κ3) is 3.75. The third-order valence-electron chi connectivity index (χ3n) is 5.71. The Morgan fingerprint density at radius 2 is 1.66 bits per heavy atom. The van der Waals surface area contributed by atoms with Gasteiger partial charge >= 0.3 is 0 Å². The standard InChI is InChI=1S/C26H19F2N3O/c27-22-7-2-8-23(28)25(22)26(32)31-24-13-18-5-1-4-16-9-10-17(19-6-3-11-29-14-19)12-20(16)21(18)15-30-24/h2-3,6-15H,1,4-5H2,(H,30,31,32). The first-order chi connectivity index (χ1) is 15.6. The molecule has 2 aromatic heterocycles. The molecule has 32 heavy (non-hydrogen) atoms. The van der Waals surface area contributed by atoms with Crippen molar-refractivity contribution < 1.29 is 13.6 Å². The summed E-state index contributed by atoms with van der Waals surface area (Å²) in [6, 6.07) is 15.4. The second kappa shape index (κ2) is 8.30. The fourth-order valence-corrected chi connectivity index (χ4v) is 4.14. The van der Waals surface area contributed by atoms with Crippen LogP contribution < -0.4 is 5.32 Å². The van der Waals surface area contributed by atoms with Gasteiger partial charge < -0.3 is 5.32 Å². The van der Waals surface area contributed by atoms with Crippen molar-refractivity contribution in [3.63, 3.8) is 0 Å². The molecule has 2 aromatic carbocycles. The second-order valence-corrected chi connectivity index (χ2v) is 7.74. The zero-order valence-electron chi connectivity index (χ0n) is 17.1. The fraction of sp³-hybridized carbons (Fsp3) is 0.115. The molecule has 0 saturated heterocycles. The van der Waals surface area contributed by atoms with Crippen molar-refractivity contribution in [3.8, 4) is 22.3 Å². The van der Waals surface area contributed by atoms with Gasteiger partial charge in [0.1, 0.15) is 23.0 Å². The van der Waals surface area contributed by atoms with Crippen LogP contribution in [0, 0.1) is 11.6 Å².